The van der Waals surface area contributed by atoms with Crippen molar-refractivity contribution in [3.63, 3.8) is 0 Å². The van der Waals surface area contributed by atoms with Gasteiger partial charge in [0, 0.05) is 16.6 Å². The van der Waals surface area contributed by atoms with Crippen LogP contribution in [-0.4, -0.2) is 7.11 Å². The van der Waals surface area contributed by atoms with E-state index in [1.807, 2.05) is 44.2 Å². The lowest BCUT2D eigenvalue weighted by atomic mass is 10.1. The van der Waals surface area contributed by atoms with Crippen molar-refractivity contribution >= 4 is 28.9 Å². The van der Waals surface area contributed by atoms with Crippen molar-refractivity contribution < 1.29 is 4.74 Å². The average Bonchev–Trinajstić information content (AvgIpc) is 2.37. The average molecular weight is 310 g/mol. The zero-order valence-electron chi connectivity index (χ0n) is 11.8. The molecule has 0 amide bonds. The van der Waals surface area contributed by atoms with Crippen LogP contribution in [0, 0.1) is 13.8 Å². The van der Waals surface area contributed by atoms with Gasteiger partial charge in [-0.3, -0.25) is 0 Å². The van der Waals surface area contributed by atoms with E-state index in [0.29, 0.717) is 11.6 Å². The van der Waals surface area contributed by atoms with Gasteiger partial charge in [0.05, 0.1) is 12.8 Å². The minimum absolute atomic E-state index is 0.620. The van der Waals surface area contributed by atoms with E-state index in [0.717, 1.165) is 33.1 Å². The van der Waals surface area contributed by atoms with Gasteiger partial charge in [-0.15, -0.1) is 0 Å². The summed E-state index contributed by atoms with van der Waals surface area (Å²) >= 11 is 12.3. The molecule has 2 aromatic carbocycles. The first-order valence-corrected chi connectivity index (χ1v) is 7.10. The number of aryl methyl sites for hydroxylation is 2. The summed E-state index contributed by atoms with van der Waals surface area (Å²) in [5, 5.41) is 4.77. The Bertz CT molecular complexity index is 626. The summed E-state index contributed by atoms with van der Waals surface area (Å²) in [5.41, 5.74) is 4.05. The summed E-state index contributed by atoms with van der Waals surface area (Å²) < 4.78 is 5.41. The van der Waals surface area contributed by atoms with Crippen LogP contribution in [0.3, 0.4) is 0 Å². The van der Waals surface area contributed by atoms with E-state index in [1.54, 1.807) is 7.11 Å². The van der Waals surface area contributed by atoms with E-state index in [9.17, 15) is 0 Å². The standard InChI is InChI=1S/C16H17Cl2NO/c1-10-4-5-12(14(18)6-10)9-19-15-8-13(17)7-11(2)16(15)20-3/h4-8,19H,9H2,1-3H3. The topological polar surface area (TPSA) is 21.3 Å². The number of methoxy groups -OCH3 is 1. The predicted octanol–water partition coefficient (Wildman–Crippen LogP) is 5.23. The van der Waals surface area contributed by atoms with Gasteiger partial charge in [0.25, 0.3) is 0 Å². The molecule has 0 aliphatic carbocycles. The molecule has 106 valence electrons. The second-order valence-corrected chi connectivity index (χ2v) is 5.60. The van der Waals surface area contributed by atoms with Crippen molar-refractivity contribution in [1.82, 2.24) is 0 Å². The predicted molar refractivity (Wildman–Crippen MR) is 86.3 cm³/mol. The first-order valence-electron chi connectivity index (χ1n) is 6.34. The van der Waals surface area contributed by atoms with Gasteiger partial charge in [-0.1, -0.05) is 35.3 Å². The lowest BCUT2D eigenvalue weighted by molar-refractivity contribution is 0.413. The molecule has 0 aliphatic heterocycles. The number of benzene rings is 2. The Morgan fingerprint density at radius 2 is 1.85 bits per heavy atom. The van der Waals surface area contributed by atoms with Crippen molar-refractivity contribution in [3.8, 4) is 5.75 Å². The maximum Gasteiger partial charge on any atom is 0.144 e. The number of hydrogen-bond donors (Lipinski definition) is 1. The largest absolute Gasteiger partial charge is 0.494 e. The number of hydrogen-bond acceptors (Lipinski definition) is 2. The smallest absolute Gasteiger partial charge is 0.144 e. The Hall–Kier alpha value is -1.38. The summed E-state index contributed by atoms with van der Waals surface area (Å²) in [4.78, 5) is 0. The Balaban J connectivity index is 2.22. The number of ether oxygens (including phenoxy) is 1. The summed E-state index contributed by atoms with van der Waals surface area (Å²) in [6, 6.07) is 9.76. The molecule has 0 bridgehead atoms. The summed E-state index contributed by atoms with van der Waals surface area (Å²) in [7, 11) is 1.65. The van der Waals surface area contributed by atoms with E-state index >= 15 is 0 Å². The van der Waals surface area contributed by atoms with E-state index in [1.165, 1.54) is 0 Å². The van der Waals surface area contributed by atoms with Crippen molar-refractivity contribution in [2.45, 2.75) is 20.4 Å². The number of anilines is 1. The van der Waals surface area contributed by atoms with Gasteiger partial charge >= 0.3 is 0 Å². The van der Waals surface area contributed by atoms with Gasteiger partial charge in [0.1, 0.15) is 5.75 Å². The monoisotopic (exact) mass is 309 g/mol. The van der Waals surface area contributed by atoms with E-state index < -0.39 is 0 Å². The Labute approximate surface area is 129 Å². The molecule has 0 aromatic heterocycles. The second-order valence-electron chi connectivity index (χ2n) is 4.75. The highest BCUT2D eigenvalue weighted by atomic mass is 35.5. The fraction of sp³-hybridized carbons (Fsp3) is 0.250. The van der Waals surface area contributed by atoms with Gasteiger partial charge in [-0.25, -0.2) is 0 Å². The second kappa shape index (κ2) is 6.38. The van der Waals surface area contributed by atoms with Gasteiger partial charge in [0.15, 0.2) is 0 Å². The maximum absolute atomic E-state index is 6.23. The molecule has 4 heteroatoms. The molecule has 1 N–H and O–H groups in total. The molecule has 2 aromatic rings. The van der Waals surface area contributed by atoms with Crippen molar-refractivity contribution in [3.05, 3.63) is 57.1 Å². The molecule has 0 aliphatic rings. The number of halogens is 2. The zero-order chi connectivity index (χ0) is 14.7. The van der Waals surface area contributed by atoms with Crippen LogP contribution in [-0.2, 0) is 6.54 Å². The first-order chi connectivity index (χ1) is 9.51. The van der Waals surface area contributed by atoms with Gasteiger partial charge in [-0.2, -0.15) is 0 Å². The molecular formula is C16H17Cl2NO. The molecule has 0 radical (unpaired) electrons. The van der Waals surface area contributed by atoms with Gasteiger partial charge < -0.3 is 10.1 Å². The number of rotatable bonds is 4. The Morgan fingerprint density at radius 1 is 1.10 bits per heavy atom. The zero-order valence-corrected chi connectivity index (χ0v) is 13.3. The third-order valence-corrected chi connectivity index (χ3v) is 3.69. The Morgan fingerprint density at radius 3 is 2.50 bits per heavy atom. The lowest BCUT2D eigenvalue weighted by Crippen LogP contribution is -2.03. The molecule has 2 nitrogen and oxygen atoms in total. The van der Waals surface area contributed by atoms with Crippen LogP contribution in [0.2, 0.25) is 10.0 Å². The molecule has 0 unspecified atom stereocenters. The SMILES string of the molecule is COc1c(C)cc(Cl)cc1NCc1ccc(C)cc1Cl. The molecule has 0 atom stereocenters. The van der Waals surface area contributed by atoms with Crippen LogP contribution in [0.1, 0.15) is 16.7 Å². The van der Waals surface area contributed by atoms with Crippen LogP contribution in [0.15, 0.2) is 30.3 Å². The van der Waals surface area contributed by atoms with E-state index in [2.05, 4.69) is 5.32 Å². The third kappa shape index (κ3) is 3.38. The highest BCUT2D eigenvalue weighted by molar-refractivity contribution is 6.31. The van der Waals surface area contributed by atoms with Crippen molar-refractivity contribution in [1.29, 1.82) is 0 Å². The molecular weight excluding hydrogens is 293 g/mol. The minimum atomic E-state index is 0.620. The molecule has 20 heavy (non-hydrogen) atoms. The van der Waals surface area contributed by atoms with Gasteiger partial charge in [-0.05, 0) is 48.7 Å². The molecule has 0 fully saturated rings. The fourth-order valence-corrected chi connectivity index (χ4v) is 2.69. The van der Waals surface area contributed by atoms with E-state index in [-0.39, 0.29) is 0 Å². The number of nitrogens with one attached hydrogen (secondary N) is 1. The molecule has 2 rings (SSSR count). The molecule has 0 saturated carbocycles. The molecule has 0 saturated heterocycles. The van der Waals surface area contributed by atoms with Crippen molar-refractivity contribution in [2.24, 2.45) is 0 Å². The normalized spacial score (nSPS) is 10.4. The highest BCUT2D eigenvalue weighted by Crippen LogP contribution is 2.32. The van der Waals surface area contributed by atoms with Crippen LogP contribution < -0.4 is 10.1 Å². The summed E-state index contributed by atoms with van der Waals surface area (Å²) in [6.45, 7) is 4.61. The fourth-order valence-electron chi connectivity index (χ4n) is 2.12. The van der Waals surface area contributed by atoms with Crippen LogP contribution in [0.5, 0.6) is 5.75 Å². The third-order valence-electron chi connectivity index (χ3n) is 3.12. The molecule has 0 spiro atoms. The van der Waals surface area contributed by atoms with Gasteiger partial charge in [0.2, 0.25) is 0 Å². The summed E-state index contributed by atoms with van der Waals surface area (Å²) in [5.74, 6) is 0.803. The van der Waals surface area contributed by atoms with Crippen LogP contribution in [0.25, 0.3) is 0 Å². The van der Waals surface area contributed by atoms with E-state index in [4.69, 9.17) is 27.9 Å². The summed E-state index contributed by atoms with van der Waals surface area (Å²) in [6.07, 6.45) is 0. The Kier molecular flexibility index (Phi) is 4.79. The molecule has 0 heterocycles. The van der Waals surface area contributed by atoms with Crippen LogP contribution >= 0.6 is 23.2 Å². The highest BCUT2D eigenvalue weighted by Gasteiger charge is 2.09. The van der Waals surface area contributed by atoms with Crippen LogP contribution in [0.4, 0.5) is 5.69 Å². The quantitative estimate of drug-likeness (QED) is 0.835. The first kappa shape index (κ1) is 15.0. The lowest BCUT2D eigenvalue weighted by Gasteiger charge is -2.15. The maximum atomic E-state index is 6.23. The minimum Gasteiger partial charge on any atom is -0.494 e. The van der Waals surface area contributed by atoms with Crippen molar-refractivity contribution in [2.75, 3.05) is 12.4 Å².